The van der Waals surface area contributed by atoms with Crippen LogP contribution in [0.4, 0.5) is 0 Å². The lowest BCUT2D eigenvalue weighted by Crippen LogP contribution is -2.20. The number of nitrogens with two attached hydrogens (primary N) is 1. The van der Waals surface area contributed by atoms with E-state index in [-0.39, 0.29) is 6.04 Å². The molecule has 1 aliphatic rings. The Hall–Kier alpha value is -0.530. The van der Waals surface area contributed by atoms with E-state index in [4.69, 9.17) is 17.3 Å². The fourth-order valence-electron chi connectivity index (χ4n) is 2.56. The van der Waals surface area contributed by atoms with Crippen molar-refractivity contribution in [2.24, 2.45) is 11.7 Å². The van der Waals surface area contributed by atoms with Crippen LogP contribution in [0.25, 0.3) is 0 Å². The molecule has 0 spiro atoms. The second kappa shape index (κ2) is 4.54. The van der Waals surface area contributed by atoms with E-state index in [1.807, 2.05) is 12.1 Å². The molecule has 1 aliphatic carbocycles. The lowest BCUT2D eigenvalue weighted by atomic mass is 9.90. The highest BCUT2D eigenvalue weighted by molar-refractivity contribution is 6.31. The molecule has 1 unspecified atom stereocenters. The highest BCUT2D eigenvalue weighted by Crippen LogP contribution is 2.36. The predicted molar refractivity (Wildman–Crippen MR) is 65.1 cm³/mol. The van der Waals surface area contributed by atoms with E-state index in [2.05, 4.69) is 13.0 Å². The van der Waals surface area contributed by atoms with Crippen LogP contribution >= 0.6 is 11.6 Å². The van der Waals surface area contributed by atoms with E-state index in [1.54, 1.807) is 0 Å². The molecular formula is C13H18ClN. The Balaban J connectivity index is 2.24. The van der Waals surface area contributed by atoms with Crippen molar-refractivity contribution < 1.29 is 0 Å². The Morgan fingerprint density at radius 1 is 1.33 bits per heavy atom. The van der Waals surface area contributed by atoms with Crippen LogP contribution in [0.15, 0.2) is 18.2 Å². The number of hydrogen-bond donors (Lipinski definition) is 1. The first-order chi connectivity index (χ1) is 7.20. The van der Waals surface area contributed by atoms with Gasteiger partial charge in [-0.3, -0.25) is 0 Å². The van der Waals surface area contributed by atoms with E-state index in [9.17, 15) is 0 Å². The second-order valence-corrected chi connectivity index (χ2v) is 4.93. The third kappa shape index (κ3) is 2.19. The van der Waals surface area contributed by atoms with Gasteiger partial charge in [0.1, 0.15) is 0 Å². The van der Waals surface area contributed by atoms with E-state index in [0.29, 0.717) is 5.92 Å². The maximum absolute atomic E-state index is 6.31. The number of benzene rings is 1. The minimum atomic E-state index is 0.172. The van der Waals surface area contributed by atoms with Gasteiger partial charge in [0.15, 0.2) is 0 Å². The van der Waals surface area contributed by atoms with Gasteiger partial charge in [-0.15, -0.1) is 0 Å². The van der Waals surface area contributed by atoms with E-state index in [0.717, 1.165) is 10.6 Å². The number of hydrogen-bond acceptors (Lipinski definition) is 1. The smallest absolute Gasteiger partial charge is 0.0438 e. The van der Waals surface area contributed by atoms with Crippen LogP contribution in [0.5, 0.6) is 0 Å². The van der Waals surface area contributed by atoms with Gasteiger partial charge in [-0.05, 0) is 42.9 Å². The van der Waals surface area contributed by atoms with Gasteiger partial charge in [-0.2, -0.15) is 0 Å². The molecule has 82 valence electrons. The summed E-state index contributed by atoms with van der Waals surface area (Å²) in [4.78, 5) is 0. The Bertz CT molecular complexity index is 342. The molecule has 1 saturated carbocycles. The fourth-order valence-corrected chi connectivity index (χ4v) is 2.74. The molecule has 1 aromatic carbocycles. The van der Waals surface area contributed by atoms with Crippen molar-refractivity contribution in [1.82, 2.24) is 0 Å². The molecular weight excluding hydrogens is 206 g/mol. The SMILES string of the molecule is Cc1c(Cl)cccc1C(N)C1CCCC1. The molecule has 1 aromatic rings. The van der Waals surface area contributed by atoms with Gasteiger partial charge in [0.05, 0.1) is 0 Å². The average Bonchev–Trinajstić information content (AvgIpc) is 2.74. The summed E-state index contributed by atoms with van der Waals surface area (Å²) in [5.74, 6) is 0.655. The molecule has 0 saturated heterocycles. The maximum Gasteiger partial charge on any atom is 0.0438 e. The Morgan fingerprint density at radius 3 is 2.67 bits per heavy atom. The summed E-state index contributed by atoms with van der Waals surface area (Å²) in [5.41, 5.74) is 8.69. The first kappa shape index (κ1) is 11.0. The standard InChI is InChI=1S/C13H18ClN/c1-9-11(7-4-8-12(9)14)13(15)10-5-2-3-6-10/h4,7-8,10,13H,2-3,5-6,15H2,1H3. The van der Waals surface area contributed by atoms with Crippen molar-refractivity contribution in [1.29, 1.82) is 0 Å². The van der Waals surface area contributed by atoms with Gasteiger partial charge in [-0.25, -0.2) is 0 Å². The summed E-state index contributed by atoms with van der Waals surface area (Å²) < 4.78 is 0. The normalized spacial score (nSPS) is 19.4. The third-order valence-corrected chi connectivity index (χ3v) is 3.99. The van der Waals surface area contributed by atoms with Gasteiger partial charge in [0.25, 0.3) is 0 Å². The molecule has 15 heavy (non-hydrogen) atoms. The van der Waals surface area contributed by atoms with Crippen molar-refractivity contribution in [3.8, 4) is 0 Å². The Morgan fingerprint density at radius 2 is 2.00 bits per heavy atom. The van der Waals surface area contributed by atoms with Gasteiger partial charge in [-0.1, -0.05) is 36.6 Å². The van der Waals surface area contributed by atoms with Crippen molar-refractivity contribution in [3.05, 3.63) is 34.3 Å². The van der Waals surface area contributed by atoms with Gasteiger partial charge < -0.3 is 5.73 Å². The van der Waals surface area contributed by atoms with Gasteiger partial charge in [0.2, 0.25) is 0 Å². The summed E-state index contributed by atoms with van der Waals surface area (Å²) in [6.45, 7) is 2.06. The molecule has 1 fully saturated rings. The van der Waals surface area contributed by atoms with Crippen LogP contribution in [0, 0.1) is 12.8 Å². The second-order valence-electron chi connectivity index (χ2n) is 4.52. The monoisotopic (exact) mass is 223 g/mol. The largest absolute Gasteiger partial charge is 0.324 e. The maximum atomic E-state index is 6.31. The molecule has 2 rings (SSSR count). The molecule has 0 amide bonds. The molecule has 1 atom stereocenters. The average molecular weight is 224 g/mol. The lowest BCUT2D eigenvalue weighted by Gasteiger charge is -2.21. The van der Waals surface area contributed by atoms with Crippen LogP contribution < -0.4 is 5.73 Å². The van der Waals surface area contributed by atoms with Crippen LogP contribution in [-0.2, 0) is 0 Å². The third-order valence-electron chi connectivity index (χ3n) is 3.58. The zero-order valence-electron chi connectivity index (χ0n) is 9.17. The minimum absolute atomic E-state index is 0.172. The minimum Gasteiger partial charge on any atom is -0.324 e. The summed E-state index contributed by atoms with van der Waals surface area (Å²) >= 11 is 6.11. The first-order valence-corrected chi connectivity index (χ1v) is 6.08. The summed E-state index contributed by atoms with van der Waals surface area (Å²) in [7, 11) is 0. The van der Waals surface area contributed by atoms with Crippen LogP contribution in [0.3, 0.4) is 0 Å². The van der Waals surface area contributed by atoms with Crippen molar-refractivity contribution in [2.75, 3.05) is 0 Å². The van der Waals surface area contributed by atoms with Crippen LogP contribution in [-0.4, -0.2) is 0 Å². The molecule has 0 radical (unpaired) electrons. The Labute approximate surface area is 96.6 Å². The molecule has 2 N–H and O–H groups in total. The molecule has 0 heterocycles. The highest BCUT2D eigenvalue weighted by Gasteiger charge is 2.24. The quantitative estimate of drug-likeness (QED) is 0.810. The zero-order valence-corrected chi connectivity index (χ0v) is 9.93. The summed E-state index contributed by atoms with van der Waals surface area (Å²) in [6, 6.07) is 6.22. The van der Waals surface area contributed by atoms with Crippen LogP contribution in [0.2, 0.25) is 5.02 Å². The van der Waals surface area contributed by atoms with E-state index < -0.39 is 0 Å². The van der Waals surface area contributed by atoms with Gasteiger partial charge in [0, 0.05) is 11.1 Å². The van der Waals surface area contributed by atoms with E-state index >= 15 is 0 Å². The number of rotatable bonds is 2. The topological polar surface area (TPSA) is 26.0 Å². The molecule has 1 nitrogen and oxygen atoms in total. The first-order valence-electron chi connectivity index (χ1n) is 5.70. The zero-order chi connectivity index (χ0) is 10.8. The lowest BCUT2D eigenvalue weighted by molar-refractivity contribution is 0.443. The molecule has 0 aliphatic heterocycles. The molecule has 0 aromatic heterocycles. The predicted octanol–water partition coefficient (Wildman–Crippen LogP) is 3.84. The molecule has 0 bridgehead atoms. The van der Waals surface area contributed by atoms with Crippen molar-refractivity contribution in [2.45, 2.75) is 38.6 Å². The van der Waals surface area contributed by atoms with Crippen molar-refractivity contribution >= 4 is 11.6 Å². The van der Waals surface area contributed by atoms with Crippen molar-refractivity contribution in [3.63, 3.8) is 0 Å². The summed E-state index contributed by atoms with van der Waals surface area (Å²) in [5, 5.41) is 0.834. The summed E-state index contributed by atoms with van der Waals surface area (Å²) in [6.07, 6.45) is 5.20. The van der Waals surface area contributed by atoms with Gasteiger partial charge >= 0.3 is 0 Å². The van der Waals surface area contributed by atoms with E-state index in [1.165, 1.54) is 31.2 Å². The highest BCUT2D eigenvalue weighted by atomic mass is 35.5. The van der Waals surface area contributed by atoms with Crippen LogP contribution in [0.1, 0.15) is 42.9 Å². The Kier molecular flexibility index (Phi) is 3.32. The molecule has 2 heteroatoms. The fraction of sp³-hybridized carbons (Fsp3) is 0.538. The number of halogens is 1.